The molecule has 41 heavy (non-hydrogen) atoms. The summed E-state index contributed by atoms with van der Waals surface area (Å²) in [6, 6.07) is 17.2. The van der Waals surface area contributed by atoms with E-state index < -0.39 is 42.2 Å². The lowest BCUT2D eigenvalue weighted by molar-refractivity contribution is -0.136. The number of aryl methyl sites for hydroxylation is 1. The average Bonchev–Trinajstić information content (AvgIpc) is 3.54. The van der Waals surface area contributed by atoms with E-state index >= 15 is 0 Å². The molecule has 3 aromatic carbocycles. The molecule has 2 fully saturated rings. The number of rotatable bonds is 6. The van der Waals surface area contributed by atoms with Gasteiger partial charge < -0.3 is 9.64 Å². The summed E-state index contributed by atoms with van der Waals surface area (Å²) in [7, 11) is -7.27. The molecule has 7 nitrogen and oxygen atoms in total. The van der Waals surface area contributed by atoms with Crippen LogP contribution in [-0.4, -0.2) is 51.7 Å². The number of carbonyl (C=O) groups excluding carboxylic acids is 1. The Balaban J connectivity index is 1.38. The SMILES string of the molecule is O=C(C1CCS(=O)(=O)C1)N1CC[C@@]2(S(=O)(=O)c3ccccc3)c3ccc(OCc4c(F)cccc4Cl)cc3CC[C@@H]12. The molecule has 2 saturated heterocycles. The maximum atomic E-state index is 14.5. The zero-order valence-corrected chi connectivity index (χ0v) is 24.5. The van der Waals surface area contributed by atoms with E-state index in [2.05, 4.69) is 0 Å². The van der Waals surface area contributed by atoms with Gasteiger partial charge in [-0.3, -0.25) is 4.79 Å². The molecule has 0 saturated carbocycles. The monoisotopic (exact) mass is 617 g/mol. The van der Waals surface area contributed by atoms with Crippen LogP contribution in [0.1, 0.15) is 36.0 Å². The Morgan fingerprint density at radius 3 is 2.56 bits per heavy atom. The Morgan fingerprint density at radius 2 is 1.85 bits per heavy atom. The fourth-order valence-electron chi connectivity index (χ4n) is 6.72. The first kappa shape index (κ1) is 28.2. The van der Waals surface area contributed by atoms with Crippen molar-refractivity contribution in [3.05, 3.63) is 94.3 Å². The van der Waals surface area contributed by atoms with Gasteiger partial charge in [-0.05, 0) is 73.2 Å². The van der Waals surface area contributed by atoms with Crippen LogP contribution >= 0.6 is 11.6 Å². The van der Waals surface area contributed by atoms with E-state index in [9.17, 15) is 26.0 Å². The molecular formula is C30H29ClFNO6S2. The summed E-state index contributed by atoms with van der Waals surface area (Å²) in [6.07, 6.45) is 1.34. The number of nitrogens with zero attached hydrogens (tertiary/aromatic N) is 1. The fraction of sp³-hybridized carbons (Fsp3) is 0.367. The first-order chi connectivity index (χ1) is 19.5. The van der Waals surface area contributed by atoms with Crippen molar-refractivity contribution in [2.24, 2.45) is 5.92 Å². The van der Waals surface area contributed by atoms with E-state index in [1.54, 1.807) is 59.5 Å². The van der Waals surface area contributed by atoms with Gasteiger partial charge in [0.2, 0.25) is 5.91 Å². The van der Waals surface area contributed by atoms with Crippen LogP contribution in [-0.2, 0) is 42.2 Å². The van der Waals surface area contributed by atoms with Crippen molar-refractivity contribution in [2.45, 2.75) is 48.0 Å². The highest BCUT2D eigenvalue weighted by Gasteiger charge is 2.61. The van der Waals surface area contributed by atoms with Gasteiger partial charge in [-0.15, -0.1) is 0 Å². The molecule has 2 aliphatic heterocycles. The molecule has 0 aromatic heterocycles. The van der Waals surface area contributed by atoms with Gasteiger partial charge in [-0.1, -0.05) is 41.9 Å². The number of likely N-dealkylation sites (tertiary alicyclic amines) is 1. The van der Waals surface area contributed by atoms with Crippen LogP contribution in [0.15, 0.2) is 71.6 Å². The van der Waals surface area contributed by atoms with E-state index in [4.69, 9.17) is 16.3 Å². The van der Waals surface area contributed by atoms with Gasteiger partial charge >= 0.3 is 0 Å². The van der Waals surface area contributed by atoms with Gasteiger partial charge in [0, 0.05) is 12.1 Å². The topological polar surface area (TPSA) is 97.8 Å². The fourth-order valence-corrected chi connectivity index (χ4v) is 11.1. The predicted molar refractivity (Wildman–Crippen MR) is 153 cm³/mol. The second-order valence-corrected chi connectivity index (χ2v) is 15.8. The van der Waals surface area contributed by atoms with Gasteiger partial charge in [-0.2, -0.15) is 0 Å². The number of carbonyl (C=O) groups is 1. The van der Waals surface area contributed by atoms with E-state index in [1.165, 1.54) is 12.1 Å². The Bertz CT molecular complexity index is 1710. The second kappa shape index (κ2) is 10.4. The third-order valence-electron chi connectivity index (χ3n) is 8.70. The maximum Gasteiger partial charge on any atom is 0.227 e. The molecule has 3 aliphatic rings. The molecule has 0 N–H and O–H groups in total. The largest absolute Gasteiger partial charge is 0.489 e. The van der Waals surface area contributed by atoms with Gasteiger partial charge in [-0.25, -0.2) is 21.2 Å². The number of ether oxygens (including phenoxy) is 1. The molecule has 0 bridgehead atoms. The van der Waals surface area contributed by atoms with Crippen LogP contribution in [0.3, 0.4) is 0 Å². The maximum absolute atomic E-state index is 14.5. The average molecular weight is 618 g/mol. The molecule has 216 valence electrons. The van der Waals surface area contributed by atoms with Gasteiger partial charge in [0.15, 0.2) is 19.7 Å². The van der Waals surface area contributed by atoms with Crippen molar-refractivity contribution in [1.29, 1.82) is 0 Å². The Kier molecular flexibility index (Phi) is 7.15. The zero-order chi connectivity index (χ0) is 29.0. The van der Waals surface area contributed by atoms with Crippen molar-refractivity contribution < 1.29 is 30.8 Å². The quantitative estimate of drug-likeness (QED) is 0.397. The van der Waals surface area contributed by atoms with E-state index in [0.717, 1.165) is 5.56 Å². The Labute approximate surface area is 244 Å². The number of amides is 1. The number of hydrogen-bond acceptors (Lipinski definition) is 6. The lowest BCUT2D eigenvalue weighted by Crippen LogP contribution is -2.53. The molecule has 3 atom stereocenters. The van der Waals surface area contributed by atoms with Crippen LogP contribution in [0.25, 0.3) is 0 Å². The molecule has 0 radical (unpaired) electrons. The molecule has 1 aliphatic carbocycles. The molecule has 0 spiro atoms. The number of fused-ring (bicyclic) bond motifs is 3. The van der Waals surface area contributed by atoms with Crippen molar-refractivity contribution in [2.75, 3.05) is 18.1 Å². The Morgan fingerprint density at radius 1 is 1.07 bits per heavy atom. The van der Waals surface area contributed by atoms with Crippen LogP contribution in [0.2, 0.25) is 5.02 Å². The third-order valence-corrected chi connectivity index (χ3v) is 13.4. The minimum atomic E-state index is -3.99. The van der Waals surface area contributed by atoms with Crippen molar-refractivity contribution in [1.82, 2.24) is 4.90 Å². The van der Waals surface area contributed by atoms with Crippen LogP contribution < -0.4 is 4.74 Å². The number of hydrogen-bond donors (Lipinski definition) is 0. The summed E-state index contributed by atoms with van der Waals surface area (Å²) >= 11 is 6.15. The molecular weight excluding hydrogens is 589 g/mol. The zero-order valence-electron chi connectivity index (χ0n) is 22.1. The summed E-state index contributed by atoms with van der Waals surface area (Å²) < 4.78 is 72.0. The smallest absolute Gasteiger partial charge is 0.227 e. The lowest BCUT2D eigenvalue weighted by atomic mass is 9.78. The Hall–Kier alpha value is -2.95. The number of benzene rings is 3. The standard InChI is InChI=1S/C30H29ClFNO6S2/c31-26-7-4-8-27(32)24(26)18-39-22-10-11-25-20(17-22)9-12-28-30(25,41(37,38)23-5-2-1-3-6-23)14-15-33(28)29(34)21-13-16-40(35,36)19-21/h1-8,10-11,17,21,28H,9,12-16,18-19H2/t21?,28-,30-/m1/s1. The third kappa shape index (κ3) is 4.73. The molecule has 6 rings (SSSR count). The minimum Gasteiger partial charge on any atom is -0.489 e. The minimum absolute atomic E-state index is 0.0287. The second-order valence-electron chi connectivity index (χ2n) is 10.9. The summed E-state index contributed by atoms with van der Waals surface area (Å²) in [6.45, 7) is 0.128. The predicted octanol–water partition coefficient (Wildman–Crippen LogP) is 4.71. The van der Waals surface area contributed by atoms with Gasteiger partial charge in [0.1, 0.15) is 22.9 Å². The van der Waals surface area contributed by atoms with E-state index in [-0.39, 0.29) is 58.9 Å². The lowest BCUT2D eigenvalue weighted by Gasteiger charge is -2.43. The van der Waals surface area contributed by atoms with Crippen molar-refractivity contribution >= 4 is 37.2 Å². The summed E-state index contributed by atoms with van der Waals surface area (Å²) in [5.74, 6) is -1.19. The molecule has 1 amide bonds. The first-order valence-electron chi connectivity index (χ1n) is 13.5. The summed E-state index contributed by atoms with van der Waals surface area (Å²) in [5, 5.41) is 0.254. The highest BCUT2D eigenvalue weighted by atomic mass is 35.5. The van der Waals surface area contributed by atoms with Gasteiger partial charge in [0.25, 0.3) is 0 Å². The normalized spacial score (nSPS) is 25.0. The summed E-state index contributed by atoms with van der Waals surface area (Å²) in [4.78, 5) is 15.4. The van der Waals surface area contributed by atoms with Crippen LogP contribution in [0.4, 0.5) is 4.39 Å². The van der Waals surface area contributed by atoms with Crippen molar-refractivity contribution in [3.63, 3.8) is 0 Å². The highest BCUT2D eigenvalue weighted by Crippen LogP contribution is 2.53. The van der Waals surface area contributed by atoms with Crippen molar-refractivity contribution in [3.8, 4) is 5.75 Å². The molecule has 3 aromatic rings. The van der Waals surface area contributed by atoms with E-state index in [1.807, 2.05) is 0 Å². The van der Waals surface area contributed by atoms with E-state index in [0.29, 0.717) is 24.2 Å². The van der Waals surface area contributed by atoms with Crippen LogP contribution in [0.5, 0.6) is 5.75 Å². The number of sulfone groups is 2. The molecule has 11 heteroatoms. The number of halogens is 2. The van der Waals surface area contributed by atoms with Crippen LogP contribution in [0, 0.1) is 11.7 Å². The molecule has 1 unspecified atom stereocenters. The molecule has 2 heterocycles. The first-order valence-corrected chi connectivity index (χ1v) is 17.2. The highest BCUT2D eigenvalue weighted by molar-refractivity contribution is 7.92. The van der Waals surface area contributed by atoms with Gasteiger partial charge in [0.05, 0.1) is 33.4 Å². The summed E-state index contributed by atoms with van der Waals surface area (Å²) in [5.41, 5.74) is 1.63.